The first kappa shape index (κ1) is 16.2. The van der Waals surface area contributed by atoms with Gasteiger partial charge in [-0.3, -0.25) is 4.79 Å². The van der Waals surface area contributed by atoms with Crippen LogP contribution in [-0.4, -0.2) is 5.97 Å². The Labute approximate surface area is 122 Å². The van der Waals surface area contributed by atoms with Crippen molar-refractivity contribution in [3.63, 3.8) is 0 Å². The van der Waals surface area contributed by atoms with E-state index in [-0.39, 0.29) is 5.97 Å². The highest BCUT2D eigenvalue weighted by Crippen LogP contribution is 2.07. The standard InChI is InChI=1S/C18H24O2/c1-15(2)10-6-4-7-11-16(3)20-18(19)14-17-12-8-5-9-13-17/h5,8-13H,4,6-7,14H2,1-3H3/b16-11+. The van der Waals surface area contributed by atoms with Gasteiger partial charge in [0.05, 0.1) is 6.42 Å². The first-order valence-corrected chi connectivity index (χ1v) is 7.12. The van der Waals surface area contributed by atoms with Crippen molar-refractivity contribution >= 4 is 5.97 Å². The van der Waals surface area contributed by atoms with Gasteiger partial charge in [0.25, 0.3) is 0 Å². The summed E-state index contributed by atoms with van der Waals surface area (Å²) >= 11 is 0. The molecule has 0 aliphatic heterocycles. The van der Waals surface area contributed by atoms with Crippen LogP contribution >= 0.6 is 0 Å². The maximum absolute atomic E-state index is 11.7. The monoisotopic (exact) mass is 272 g/mol. The van der Waals surface area contributed by atoms with E-state index in [2.05, 4.69) is 19.9 Å². The lowest BCUT2D eigenvalue weighted by atomic mass is 10.1. The summed E-state index contributed by atoms with van der Waals surface area (Å²) in [6.45, 7) is 6.04. The van der Waals surface area contributed by atoms with E-state index in [1.807, 2.05) is 43.3 Å². The van der Waals surface area contributed by atoms with Crippen molar-refractivity contribution in [1.82, 2.24) is 0 Å². The fourth-order valence-electron chi connectivity index (χ4n) is 1.83. The largest absolute Gasteiger partial charge is 0.431 e. The molecule has 20 heavy (non-hydrogen) atoms. The highest BCUT2D eigenvalue weighted by molar-refractivity contribution is 5.73. The fraction of sp³-hybridized carbons (Fsp3) is 0.389. The summed E-state index contributed by atoms with van der Waals surface area (Å²) in [6.07, 6.45) is 7.63. The van der Waals surface area contributed by atoms with E-state index < -0.39 is 0 Å². The van der Waals surface area contributed by atoms with Crippen molar-refractivity contribution in [1.29, 1.82) is 0 Å². The molecule has 108 valence electrons. The van der Waals surface area contributed by atoms with Crippen LogP contribution in [0.15, 0.2) is 53.8 Å². The molecule has 1 aromatic rings. The van der Waals surface area contributed by atoms with Crippen LogP contribution in [0.5, 0.6) is 0 Å². The number of hydrogen-bond acceptors (Lipinski definition) is 2. The summed E-state index contributed by atoms with van der Waals surface area (Å²) in [5, 5.41) is 0. The Bertz CT molecular complexity index is 465. The first-order valence-electron chi connectivity index (χ1n) is 7.12. The molecule has 0 aromatic heterocycles. The molecule has 1 rings (SSSR count). The quantitative estimate of drug-likeness (QED) is 0.308. The van der Waals surface area contributed by atoms with Crippen LogP contribution in [0.1, 0.15) is 45.6 Å². The highest BCUT2D eigenvalue weighted by Gasteiger charge is 2.05. The second-order valence-corrected chi connectivity index (χ2v) is 5.16. The Morgan fingerprint density at radius 3 is 2.35 bits per heavy atom. The summed E-state index contributed by atoms with van der Waals surface area (Å²) in [6, 6.07) is 9.65. The van der Waals surface area contributed by atoms with Crippen molar-refractivity contribution in [2.75, 3.05) is 0 Å². The molecule has 0 bridgehead atoms. The Morgan fingerprint density at radius 2 is 1.70 bits per heavy atom. The third-order valence-electron chi connectivity index (χ3n) is 2.86. The van der Waals surface area contributed by atoms with Gasteiger partial charge in [0, 0.05) is 0 Å². The Morgan fingerprint density at radius 1 is 1.05 bits per heavy atom. The highest BCUT2D eigenvalue weighted by atomic mass is 16.5. The molecule has 0 aliphatic rings. The molecule has 0 N–H and O–H groups in total. The summed E-state index contributed by atoms with van der Waals surface area (Å²) in [4.78, 5) is 11.7. The van der Waals surface area contributed by atoms with Crippen molar-refractivity contribution in [3.8, 4) is 0 Å². The smallest absolute Gasteiger partial charge is 0.315 e. The SMILES string of the molecule is CC(C)=CCCC/C=C(\C)OC(=O)Cc1ccccc1. The first-order chi connectivity index (χ1) is 9.58. The van der Waals surface area contributed by atoms with E-state index in [0.29, 0.717) is 12.2 Å². The zero-order chi connectivity index (χ0) is 14.8. The minimum absolute atomic E-state index is 0.200. The molecule has 0 aliphatic carbocycles. The van der Waals surface area contributed by atoms with Gasteiger partial charge in [-0.05, 0) is 51.7 Å². The molecule has 0 atom stereocenters. The molecule has 0 radical (unpaired) electrons. The minimum Gasteiger partial charge on any atom is -0.431 e. The molecular weight excluding hydrogens is 248 g/mol. The van der Waals surface area contributed by atoms with Crippen molar-refractivity contribution in [2.24, 2.45) is 0 Å². The van der Waals surface area contributed by atoms with Gasteiger partial charge in [-0.15, -0.1) is 0 Å². The van der Waals surface area contributed by atoms with E-state index in [1.165, 1.54) is 5.57 Å². The van der Waals surface area contributed by atoms with Crippen LogP contribution in [0.3, 0.4) is 0 Å². The second-order valence-electron chi connectivity index (χ2n) is 5.16. The predicted molar refractivity (Wildman–Crippen MR) is 83.3 cm³/mol. The van der Waals surface area contributed by atoms with Crippen LogP contribution in [0.2, 0.25) is 0 Å². The maximum Gasteiger partial charge on any atom is 0.315 e. The number of carbonyl (C=O) groups excluding carboxylic acids is 1. The molecule has 0 spiro atoms. The lowest BCUT2D eigenvalue weighted by Gasteiger charge is -2.04. The fourth-order valence-corrected chi connectivity index (χ4v) is 1.83. The molecule has 0 unspecified atom stereocenters. The third kappa shape index (κ3) is 7.57. The average Bonchev–Trinajstić information content (AvgIpc) is 2.38. The van der Waals surface area contributed by atoms with E-state index in [9.17, 15) is 4.79 Å². The Hall–Kier alpha value is -1.83. The number of benzene rings is 1. The minimum atomic E-state index is -0.200. The van der Waals surface area contributed by atoms with Crippen LogP contribution < -0.4 is 0 Å². The van der Waals surface area contributed by atoms with Crippen LogP contribution in [-0.2, 0) is 16.0 Å². The topological polar surface area (TPSA) is 26.3 Å². The van der Waals surface area contributed by atoms with Gasteiger partial charge in [-0.25, -0.2) is 0 Å². The zero-order valence-electron chi connectivity index (χ0n) is 12.7. The molecule has 1 aromatic carbocycles. The lowest BCUT2D eigenvalue weighted by Crippen LogP contribution is -2.06. The second kappa shape index (κ2) is 9.13. The average molecular weight is 272 g/mol. The summed E-state index contributed by atoms with van der Waals surface area (Å²) in [7, 11) is 0. The number of rotatable bonds is 7. The zero-order valence-corrected chi connectivity index (χ0v) is 12.7. The van der Waals surface area contributed by atoms with E-state index in [0.717, 1.165) is 24.8 Å². The molecular formula is C18H24O2. The van der Waals surface area contributed by atoms with Gasteiger partial charge in [0.2, 0.25) is 0 Å². The number of unbranched alkanes of at least 4 members (excludes halogenated alkanes) is 2. The van der Waals surface area contributed by atoms with Gasteiger partial charge in [0.15, 0.2) is 0 Å². The van der Waals surface area contributed by atoms with Gasteiger partial charge in [-0.2, -0.15) is 0 Å². The summed E-state index contributed by atoms with van der Waals surface area (Å²) in [5.74, 6) is 0.498. The number of esters is 1. The third-order valence-corrected chi connectivity index (χ3v) is 2.86. The van der Waals surface area contributed by atoms with E-state index in [4.69, 9.17) is 4.74 Å². The Balaban J connectivity index is 2.28. The number of hydrogen-bond donors (Lipinski definition) is 0. The normalized spacial score (nSPS) is 11.1. The Kier molecular flexibility index (Phi) is 7.41. The number of ether oxygens (including phenoxy) is 1. The van der Waals surface area contributed by atoms with E-state index >= 15 is 0 Å². The van der Waals surface area contributed by atoms with Crippen LogP contribution in [0, 0.1) is 0 Å². The summed E-state index contributed by atoms with van der Waals surface area (Å²) in [5.41, 5.74) is 2.33. The molecule has 2 heteroatoms. The molecule has 0 saturated heterocycles. The van der Waals surface area contributed by atoms with Crippen molar-refractivity contribution in [2.45, 2.75) is 46.5 Å². The van der Waals surface area contributed by atoms with E-state index in [1.54, 1.807) is 0 Å². The van der Waals surface area contributed by atoms with Gasteiger partial charge in [0.1, 0.15) is 5.76 Å². The van der Waals surface area contributed by atoms with Crippen LogP contribution in [0.4, 0.5) is 0 Å². The lowest BCUT2D eigenvalue weighted by molar-refractivity contribution is -0.138. The number of allylic oxidation sites excluding steroid dienone is 4. The predicted octanol–water partition coefficient (Wildman–Crippen LogP) is 4.81. The van der Waals surface area contributed by atoms with Gasteiger partial charge < -0.3 is 4.74 Å². The van der Waals surface area contributed by atoms with Crippen molar-refractivity contribution in [3.05, 3.63) is 59.4 Å². The molecule has 0 saturated carbocycles. The maximum atomic E-state index is 11.7. The number of carbonyl (C=O) groups is 1. The molecule has 0 fully saturated rings. The summed E-state index contributed by atoms with van der Waals surface area (Å²) < 4.78 is 5.29. The van der Waals surface area contributed by atoms with Crippen LogP contribution in [0.25, 0.3) is 0 Å². The van der Waals surface area contributed by atoms with Gasteiger partial charge in [-0.1, -0.05) is 42.0 Å². The molecule has 2 nitrogen and oxygen atoms in total. The molecule has 0 amide bonds. The van der Waals surface area contributed by atoms with Gasteiger partial charge >= 0.3 is 5.97 Å². The molecule has 0 heterocycles. The van der Waals surface area contributed by atoms with Crippen molar-refractivity contribution < 1.29 is 9.53 Å².